The van der Waals surface area contributed by atoms with Crippen LogP contribution in [-0.4, -0.2) is 18.5 Å². The Morgan fingerprint density at radius 1 is 0.926 bits per heavy atom. The van der Waals surface area contributed by atoms with E-state index in [1.165, 1.54) is 6.07 Å². The zero-order valence-electron chi connectivity index (χ0n) is 14.5. The van der Waals surface area contributed by atoms with Crippen molar-refractivity contribution in [3.63, 3.8) is 0 Å². The minimum absolute atomic E-state index is 0.198. The Morgan fingerprint density at radius 3 is 2.41 bits per heavy atom. The Labute approximate surface area is 155 Å². The molecule has 0 radical (unpaired) electrons. The lowest BCUT2D eigenvalue weighted by molar-refractivity contribution is -0.137. The number of esters is 2. The zero-order chi connectivity index (χ0) is 19.4. The minimum atomic E-state index is -0.572. The van der Waals surface area contributed by atoms with E-state index in [-0.39, 0.29) is 12.4 Å². The molecule has 4 nitrogen and oxygen atoms in total. The van der Waals surface area contributed by atoms with Crippen LogP contribution in [0, 0.1) is 5.82 Å². The summed E-state index contributed by atoms with van der Waals surface area (Å²) in [6.45, 7) is 6.89. The number of hydrogen-bond acceptors (Lipinski definition) is 4. The highest BCUT2D eigenvalue weighted by Crippen LogP contribution is 2.31. The maximum atomic E-state index is 14.6. The van der Waals surface area contributed by atoms with Gasteiger partial charge in [0.1, 0.15) is 11.6 Å². The highest BCUT2D eigenvalue weighted by Gasteiger charge is 2.10. The molecule has 0 saturated heterocycles. The predicted octanol–water partition coefficient (Wildman–Crippen LogP) is 4.50. The maximum absolute atomic E-state index is 14.6. The Balaban J connectivity index is 1.94. The van der Waals surface area contributed by atoms with Crippen LogP contribution in [0.25, 0.3) is 21.5 Å². The number of hydrogen-bond donors (Lipinski definition) is 0. The number of halogens is 1. The molecule has 0 fully saturated rings. The zero-order valence-corrected chi connectivity index (χ0v) is 14.5. The van der Waals surface area contributed by atoms with E-state index < -0.39 is 11.9 Å². The molecule has 0 saturated carbocycles. The van der Waals surface area contributed by atoms with Crippen LogP contribution in [-0.2, 0) is 20.7 Å². The molecule has 136 valence electrons. The topological polar surface area (TPSA) is 52.6 Å². The standard InChI is InChI=1S/C22H17FO4/c1-3-21(24)26-10-9-14-5-7-18-17-8-6-16(27-22(25)4-2)12-15(17)13-20(23)19(18)11-14/h3-8,11-13H,1-2,9-10H2. The summed E-state index contributed by atoms with van der Waals surface area (Å²) < 4.78 is 24.7. The molecule has 0 unspecified atom stereocenters. The van der Waals surface area contributed by atoms with E-state index in [0.717, 1.165) is 28.5 Å². The van der Waals surface area contributed by atoms with Crippen LogP contribution in [0.1, 0.15) is 5.56 Å². The van der Waals surface area contributed by atoms with Gasteiger partial charge in [-0.25, -0.2) is 14.0 Å². The summed E-state index contributed by atoms with van der Waals surface area (Å²) in [6.07, 6.45) is 2.65. The Morgan fingerprint density at radius 2 is 1.67 bits per heavy atom. The monoisotopic (exact) mass is 364 g/mol. The van der Waals surface area contributed by atoms with Crippen LogP contribution in [0.4, 0.5) is 4.39 Å². The third-order valence-electron chi connectivity index (χ3n) is 4.12. The molecule has 0 N–H and O–H groups in total. The number of fused-ring (bicyclic) bond motifs is 3. The normalized spacial score (nSPS) is 10.6. The number of benzene rings is 3. The fourth-order valence-electron chi connectivity index (χ4n) is 2.85. The van der Waals surface area contributed by atoms with Gasteiger partial charge < -0.3 is 9.47 Å². The van der Waals surface area contributed by atoms with Crippen molar-refractivity contribution in [3.05, 3.63) is 79.2 Å². The summed E-state index contributed by atoms with van der Waals surface area (Å²) in [5.41, 5.74) is 0.856. The van der Waals surface area contributed by atoms with Gasteiger partial charge in [0.25, 0.3) is 0 Å². The quantitative estimate of drug-likeness (QED) is 0.280. The van der Waals surface area contributed by atoms with E-state index in [2.05, 4.69) is 13.2 Å². The Hall–Kier alpha value is -3.47. The Kier molecular flexibility index (Phi) is 5.31. The first-order valence-electron chi connectivity index (χ1n) is 8.30. The number of ether oxygens (including phenoxy) is 2. The van der Waals surface area contributed by atoms with Gasteiger partial charge >= 0.3 is 11.9 Å². The summed E-state index contributed by atoms with van der Waals surface area (Å²) in [4.78, 5) is 22.4. The molecule has 0 heterocycles. The van der Waals surface area contributed by atoms with E-state index in [1.54, 1.807) is 24.3 Å². The van der Waals surface area contributed by atoms with E-state index in [1.807, 2.05) is 12.1 Å². The molecule has 0 bridgehead atoms. The van der Waals surface area contributed by atoms with Gasteiger partial charge in [0, 0.05) is 24.0 Å². The molecule has 0 aliphatic rings. The van der Waals surface area contributed by atoms with Gasteiger partial charge in [0.15, 0.2) is 0 Å². The molecule has 0 aliphatic heterocycles. The van der Waals surface area contributed by atoms with E-state index >= 15 is 0 Å². The van der Waals surface area contributed by atoms with E-state index in [9.17, 15) is 14.0 Å². The van der Waals surface area contributed by atoms with Crippen molar-refractivity contribution in [2.45, 2.75) is 6.42 Å². The van der Waals surface area contributed by atoms with Crippen molar-refractivity contribution in [2.75, 3.05) is 6.61 Å². The average Bonchev–Trinajstić information content (AvgIpc) is 2.67. The lowest BCUT2D eigenvalue weighted by Gasteiger charge is -2.10. The molecule has 0 spiro atoms. The van der Waals surface area contributed by atoms with Gasteiger partial charge in [-0.05, 0) is 46.0 Å². The lowest BCUT2D eigenvalue weighted by atomic mass is 9.98. The first-order chi connectivity index (χ1) is 13.0. The van der Waals surface area contributed by atoms with Crippen LogP contribution < -0.4 is 4.74 Å². The van der Waals surface area contributed by atoms with Crippen LogP contribution in [0.3, 0.4) is 0 Å². The molecule has 0 atom stereocenters. The first kappa shape index (κ1) is 18.3. The van der Waals surface area contributed by atoms with Gasteiger partial charge in [-0.15, -0.1) is 0 Å². The van der Waals surface area contributed by atoms with E-state index in [4.69, 9.17) is 9.47 Å². The number of rotatable bonds is 6. The molecule has 0 aliphatic carbocycles. The van der Waals surface area contributed by atoms with Crippen LogP contribution in [0.2, 0.25) is 0 Å². The average molecular weight is 364 g/mol. The van der Waals surface area contributed by atoms with Crippen LogP contribution in [0.15, 0.2) is 67.8 Å². The molecular weight excluding hydrogens is 347 g/mol. The first-order valence-corrected chi connectivity index (χ1v) is 8.30. The second kappa shape index (κ2) is 7.83. The van der Waals surface area contributed by atoms with Crippen molar-refractivity contribution in [3.8, 4) is 5.75 Å². The Bertz CT molecular complexity index is 1070. The van der Waals surface area contributed by atoms with Crippen molar-refractivity contribution in [1.29, 1.82) is 0 Å². The maximum Gasteiger partial charge on any atom is 0.335 e. The third kappa shape index (κ3) is 4.03. The van der Waals surface area contributed by atoms with Crippen molar-refractivity contribution >= 4 is 33.5 Å². The van der Waals surface area contributed by atoms with Crippen molar-refractivity contribution in [2.24, 2.45) is 0 Å². The molecule has 3 aromatic carbocycles. The largest absolute Gasteiger partial charge is 0.462 e. The summed E-state index contributed by atoms with van der Waals surface area (Å²) in [7, 11) is 0. The smallest absolute Gasteiger partial charge is 0.335 e. The molecule has 3 rings (SSSR count). The molecule has 27 heavy (non-hydrogen) atoms. The SMILES string of the molecule is C=CC(=O)OCCc1ccc2c(c1)c(F)cc1cc(OC(=O)C=C)ccc12. The van der Waals surface area contributed by atoms with Gasteiger partial charge in [-0.3, -0.25) is 0 Å². The summed E-state index contributed by atoms with van der Waals surface area (Å²) >= 11 is 0. The second-order valence-electron chi connectivity index (χ2n) is 5.87. The number of carbonyl (C=O) groups excluding carboxylic acids is 2. The van der Waals surface area contributed by atoms with Crippen molar-refractivity contribution in [1.82, 2.24) is 0 Å². The fourth-order valence-corrected chi connectivity index (χ4v) is 2.85. The van der Waals surface area contributed by atoms with E-state index in [0.29, 0.717) is 22.9 Å². The highest BCUT2D eigenvalue weighted by atomic mass is 19.1. The van der Waals surface area contributed by atoms with Gasteiger partial charge in [-0.2, -0.15) is 0 Å². The van der Waals surface area contributed by atoms with Gasteiger partial charge in [0.2, 0.25) is 0 Å². The van der Waals surface area contributed by atoms with Gasteiger partial charge in [-0.1, -0.05) is 31.4 Å². The molecule has 0 amide bonds. The third-order valence-corrected chi connectivity index (χ3v) is 4.12. The molecular formula is C22H17FO4. The summed E-state index contributed by atoms with van der Waals surface area (Å²) in [6, 6.07) is 11.9. The molecule has 3 aromatic rings. The minimum Gasteiger partial charge on any atom is -0.462 e. The molecule has 0 aromatic heterocycles. The molecule has 5 heteroatoms. The van der Waals surface area contributed by atoms with Crippen molar-refractivity contribution < 1.29 is 23.5 Å². The van der Waals surface area contributed by atoms with Crippen LogP contribution >= 0.6 is 0 Å². The fraction of sp³-hybridized carbons (Fsp3) is 0.0909. The van der Waals surface area contributed by atoms with Gasteiger partial charge in [0.05, 0.1) is 6.61 Å². The lowest BCUT2D eigenvalue weighted by Crippen LogP contribution is -2.04. The van der Waals surface area contributed by atoms with Crippen LogP contribution in [0.5, 0.6) is 5.75 Å². The summed E-state index contributed by atoms with van der Waals surface area (Å²) in [5, 5.41) is 2.70. The number of carbonyl (C=O) groups is 2. The second-order valence-corrected chi connectivity index (χ2v) is 5.87. The predicted molar refractivity (Wildman–Crippen MR) is 102 cm³/mol. The highest BCUT2D eigenvalue weighted by molar-refractivity contribution is 6.08. The summed E-state index contributed by atoms with van der Waals surface area (Å²) in [5.74, 6) is -1.11.